The van der Waals surface area contributed by atoms with Crippen molar-refractivity contribution in [1.82, 2.24) is 19.4 Å². The SMILES string of the molecule is C[C@@]12CCN(c3ccc4c(c3)Cn3cc(-c5ccc(C#N)cc5)cc3-c3nccn3-4)[C@H]1CCN2. The second-order valence-electron chi connectivity index (χ2n) is 9.96. The van der Waals surface area contributed by atoms with Gasteiger partial charge < -0.3 is 14.8 Å². The molecule has 0 radical (unpaired) electrons. The summed E-state index contributed by atoms with van der Waals surface area (Å²) in [5.41, 5.74) is 8.09. The second-order valence-corrected chi connectivity index (χ2v) is 9.96. The first-order valence-corrected chi connectivity index (χ1v) is 12.0. The molecule has 2 fully saturated rings. The van der Waals surface area contributed by atoms with Gasteiger partial charge in [-0.1, -0.05) is 12.1 Å². The predicted octanol–water partition coefficient (Wildman–Crippen LogP) is 4.57. The highest BCUT2D eigenvalue weighted by Crippen LogP contribution is 2.40. The van der Waals surface area contributed by atoms with Gasteiger partial charge in [0, 0.05) is 54.5 Å². The molecule has 1 N–H and O–H groups in total. The van der Waals surface area contributed by atoms with E-state index >= 15 is 0 Å². The smallest absolute Gasteiger partial charge is 0.161 e. The molecule has 7 rings (SSSR count). The standard InChI is InChI=1S/C28H26N6/c1-28-9-12-33(26(28)8-10-31-28)23-6-7-24-22(14-23)18-32-17-21(20-4-2-19(16-29)3-5-20)15-25(32)27-30-11-13-34(24)27/h2-7,11,13-15,17,26,31H,8-10,12,18H2,1H3/t26-,28+/m0/s1. The van der Waals surface area contributed by atoms with Crippen LogP contribution in [0.15, 0.2) is 67.1 Å². The molecule has 0 saturated carbocycles. The van der Waals surface area contributed by atoms with Gasteiger partial charge in [-0.05, 0) is 73.8 Å². The second kappa shape index (κ2) is 7.09. The number of nitriles is 1. The van der Waals surface area contributed by atoms with Gasteiger partial charge in [-0.3, -0.25) is 4.57 Å². The zero-order valence-corrected chi connectivity index (χ0v) is 19.2. The summed E-state index contributed by atoms with van der Waals surface area (Å²) < 4.78 is 4.53. The molecular formula is C28H26N6. The maximum absolute atomic E-state index is 9.13. The quantitative estimate of drug-likeness (QED) is 0.431. The van der Waals surface area contributed by atoms with E-state index < -0.39 is 0 Å². The van der Waals surface area contributed by atoms with Crippen molar-refractivity contribution in [2.24, 2.45) is 0 Å². The van der Waals surface area contributed by atoms with E-state index in [1.165, 1.54) is 29.8 Å². The number of imidazole rings is 1. The largest absolute Gasteiger partial charge is 0.367 e. The molecule has 2 aromatic heterocycles. The van der Waals surface area contributed by atoms with Crippen LogP contribution in [-0.2, 0) is 6.54 Å². The van der Waals surface area contributed by atoms with Crippen LogP contribution in [0.25, 0.3) is 28.3 Å². The molecule has 3 aliphatic rings. The molecule has 2 aromatic carbocycles. The Balaban J connectivity index is 1.31. The molecule has 0 amide bonds. The highest BCUT2D eigenvalue weighted by atomic mass is 15.3. The number of nitrogens with zero attached hydrogens (tertiary/aromatic N) is 5. The van der Waals surface area contributed by atoms with E-state index in [-0.39, 0.29) is 5.54 Å². The van der Waals surface area contributed by atoms with Gasteiger partial charge in [0.1, 0.15) is 0 Å². The van der Waals surface area contributed by atoms with Crippen molar-refractivity contribution in [3.8, 4) is 34.4 Å². The lowest BCUT2D eigenvalue weighted by Gasteiger charge is -2.31. The Bertz CT molecular complexity index is 1450. The summed E-state index contributed by atoms with van der Waals surface area (Å²) in [4.78, 5) is 7.33. The summed E-state index contributed by atoms with van der Waals surface area (Å²) in [7, 11) is 0. The Morgan fingerprint density at radius 2 is 2.00 bits per heavy atom. The van der Waals surface area contributed by atoms with Crippen LogP contribution in [0.3, 0.4) is 0 Å². The molecule has 5 heterocycles. The fourth-order valence-corrected chi connectivity index (χ4v) is 6.21. The van der Waals surface area contributed by atoms with E-state index in [0.717, 1.165) is 42.3 Å². The van der Waals surface area contributed by atoms with Crippen molar-refractivity contribution >= 4 is 5.69 Å². The highest BCUT2D eigenvalue weighted by molar-refractivity contribution is 5.72. The van der Waals surface area contributed by atoms with Crippen LogP contribution in [0.1, 0.15) is 30.9 Å². The molecule has 34 heavy (non-hydrogen) atoms. The van der Waals surface area contributed by atoms with Crippen molar-refractivity contribution in [2.45, 2.75) is 37.9 Å². The van der Waals surface area contributed by atoms with Crippen molar-refractivity contribution in [3.05, 3.63) is 78.2 Å². The minimum atomic E-state index is 0.230. The number of fused-ring (bicyclic) bond motifs is 6. The maximum Gasteiger partial charge on any atom is 0.161 e. The van der Waals surface area contributed by atoms with Gasteiger partial charge in [-0.25, -0.2) is 4.98 Å². The summed E-state index contributed by atoms with van der Waals surface area (Å²) >= 11 is 0. The van der Waals surface area contributed by atoms with E-state index in [9.17, 15) is 0 Å². The third-order valence-electron chi connectivity index (χ3n) is 8.04. The van der Waals surface area contributed by atoms with Crippen LogP contribution >= 0.6 is 0 Å². The minimum absolute atomic E-state index is 0.230. The number of hydrogen-bond donors (Lipinski definition) is 1. The zero-order valence-electron chi connectivity index (χ0n) is 19.2. The number of benzene rings is 2. The fraction of sp³-hybridized carbons (Fsp3) is 0.286. The Morgan fingerprint density at radius 1 is 1.12 bits per heavy atom. The Kier molecular flexibility index (Phi) is 4.09. The van der Waals surface area contributed by atoms with E-state index in [0.29, 0.717) is 11.6 Å². The lowest BCUT2D eigenvalue weighted by Crippen LogP contribution is -2.44. The topological polar surface area (TPSA) is 61.8 Å². The van der Waals surface area contributed by atoms with Crippen LogP contribution in [-0.4, -0.2) is 38.8 Å². The van der Waals surface area contributed by atoms with Gasteiger partial charge in [0.25, 0.3) is 0 Å². The first-order valence-electron chi connectivity index (χ1n) is 12.0. The first kappa shape index (κ1) is 19.6. The van der Waals surface area contributed by atoms with Crippen molar-refractivity contribution in [1.29, 1.82) is 5.26 Å². The Morgan fingerprint density at radius 3 is 2.85 bits per heavy atom. The average Bonchev–Trinajstić information content (AvgIpc) is 3.61. The normalized spacial score (nSPS) is 22.5. The molecule has 4 aromatic rings. The molecule has 2 saturated heterocycles. The van der Waals surface area contributed by atoms with Crippen molar-refractivity contribution < 1.29 is 0 Å². The molecule has 3 aliphatic heterocycles. The maximum atomic E-state index is 9.13. The summed E-state index contributed by atoms with van der Waals surface area (Å²) in [5.74, 6) is 0.958. The summed E-state index contributed by atoms with van der Waals surface area (Å²) in [6.07, 6.45) is 8.55. The average molecular weight is 447 g/mol. The Labute approximate surface area is 199 Å². The molecular weight excluding hydrogens is 420 g/mol. The molecule has 0 unspecified atom stereocenters. The van der Waals surface area contributed by atoms with Gasteiger partial charge in [0.05, 0.1) is 23.0 Å². The lowest BCUT2D eigenvalue weighted by atomic mass is 9.95. The van der Waals surface area contributed by atoms with Gasteiger partial charge >= 0.3 is 0 Å². The minimum Gasteiger partial charge on any atom is -0.367 e. The highest BCUT2D eigenvalue weighted by Gasteiger charge is 2.47. The number of anilines is 1. The van der Waals surface area contributed by atoms with Crippen molar-refractivity contribution in [3.63, 3.8) is 0 Å². The molecule has 0 bridgehead atoms. The predicted molar refractivity (Wildman–Crippen MR) is 133 cm³/mol. The lowest BCUT2D eigenvalue weighted by molar-refractivity contribution is 0.412. The molecule has 6 heteroatoms. The summed E-state index contributed by atoms with van der Waals surface area (Å²) in [5, 5.41) is 12.9. The van der Waals surface area contributed by atoms with E-state index in [1.807, 2.05) is 30.5 Å². The molecule has 0 spiro atoms. The number of aromatic nitrogens is 3. The molecule has 2 atom stereocenters. The number of hydrogen-bond acceptors (Lipinski definition) is 4. The van der Waals surface area contributed by atoms with Crippen LogP contribution in [0.2, 0.25) is 0 Å². The van der Waals surface area contributed by atoms with E-state index in [1.54, 1.807) is 0 Å². The van der Waals surface area contributed by atoms with E-state index in [2.05, 4.69) is 69.0 Å². The van der Waals surface area contributed by atoms with Crippen LogP contribution in [0, 0.1) is 11.3 Å². The monoisotopic (exact) mass is 446 g/mol. The van der Waals surface area contributed by atoms with Gasteiger partial charge in [-0.15, -0.1) is 0 Å². The number of rotatable bonds is 2. The zero-order chi connectivity index (χ0) is 22.9. The number of nitrogens with one attached hydrogen (secondary N) is 1. The molecule has 6 nitrogen and oxygen atoms in total. The first-order chi connectivity index (χ1) is 16.6. The summed E-state index contributed by atoms with van der Waals surface area (Å²) in [6, 6.07) is 19.7. The third-order valence-corrected chi connectivity index (χ3v) is 8.04. The Hall–Kier alpha value is -3.82. The third kappa shape index (κ3) is 2.80. The molecule has 0 aliphatic carbocycles. The van der Waals surface area contributed by atoms with Gasteiger partial charge in [-0.2, -0.15) is 5.26 Å². The van der Waals surface area contributed by atoms with Crippen LogP contribution < -0.4 is 10.2 Å². The molecule has 168 valence electrons. The van der Waals surface area contributed by atoms with Gasteiger partial charge in [0.2, 0.25) is 0 Å². The van der Waals surface area contributed by atoms with E-state index in [4.69, 9.17) is 10.2 Å². The summed E-state index contributed by atoms with van der Waals surface area (Å²) in [6.45, 7) is 5.38. The fourth-order valence-electron chi connectivity index (χ4n) is 6.21. The van der Waals surface area contributed by atoms with Gasteiger partial charge in [0.15, 0.2) is 5.82 Å². The van der Waals surface area contributed by atoms with Crippen LogP contribution in [0.4, 0.5) is 5.69 Å². The van der Waals surface area contributed by atoms with Crippen molar-refractivity contribution in [2.75, 3.05) is 18.0 Å². The van der Waals surface area contributed by atoms with Crippen LogP contribution in [0.5, 0.6) is 0 Å².